The molecule has 0 atom stereocenters. The molecule has 38 heavy (non-hydrogen) atoms. The third-order valence-electron chi connectivity index (χ3n) is 5.51. The SMILES string of the molecule is CN(OC(=O)CCCOC(C)(C)CCOC(C)(C)CCCC(=O)ON(C)C(=O)CCC=O)C(=O)CCC=O. The number of hydrogen-bond acceptors (Lipinski definition) is 10. The highest BCUT2D eigenvalue weighted by molar-refractivity contribution is 5.80. The summed E-state index contributed by atoms with van der Waals surface area (Å²) >= 11 is 0. The number of hydroxylamine groups is 4. The molecule has 0 aromatic carbocycles. The molecule has 0 bridgehead atoms. The van der Waals surface area contributed by atoms with Gasteiger partial charge in [0.1, 0.15) is 12.6 Å². The van der Waals surface area contributed by atoms with E-state index in [0.29, 0.717) is 51.5 Å². The second kappa shape index (κ2) is 18.4. The van der Waals surface area contributed by atoms with E-state index in [2.05, 4.69) is 0 Å². The highest BCUT2D eigenvalue weighted by Crippen LogP contribution is 2.22. The van der Waals surface area contributed by atoms with E-state index in [4.69, 9.17) is 19.1 Å². The van der Waals surface area contributed by atoms with Gasteiger partial charge < -0.3 is 28.7 Å². The third kappa shape index (κ3) is 17.6. The minimum absolute atomic E-state index is 0.00916. The molecular weight excluding hydrogens is 500 g/mol. The summed E-state index contributed by atoms with van der Waals surface area (Å²) < 4.78 is 11.9. The molecule has 0 aromatic heterocycles. The van der Waals surface area contributed by atoms with Crippen LogP contribution in [-0.2, 0) is 47.9 Å². The number of ether oxygens (including phenoxy) is 2. The first kappa shape index (κ1) is 35.1. The Labute approximate surface area is 225 Å². The van der Waals surface area contributed by atoms with Gasteiger partial charge in [-0.1, -0.05) is 0 Å². The zero-order chi connectivity index (χ0) is 29.2. The van der Waals surface area contributed by atoms with Crippen molar-refractivity contribution in [3.05, 3.63) is 0 Å². The van der Waals surface area contributed by atoms with Crippen LogP contribution in [0, 0.1) is 0 Å². The molecule has 218 valence electrons. The maximum Gasteiger partial charge on any atom is 0.332 e. The van der Waals surface area contributed by atoms with Gasteiger partial charge in [-0.15, -0.1) is 0 Å². The van der Waals surface area contributed by atoms with Crippen LogP contribution in [-0.4, -0.2) is 85.0 Å². The molecule has 0 saturated carbocycles. The Morgan fingerprint density at radius 3 is 1.53 bits per heavy atom. The molecular formula is C26H44N2O10. The number of carbonyl (C=O) groups is 6. The number of aldehydes is 2. The predicted octanol–water partition coefficient (Wildman–Crippen LogP) is 2.71. The first-order valence-electron chi connectivity index (χ1n) is 12.8. The van der Waals surface area contributed by atoms with Crippen molar-refractivity contribution in [1.29, 1.82) is 0 Å². The number of amides is 2. The maximum absolute atomic E-state index is 11.9. The van der Waals surface area contributed by atoms with E-state index >= 15 is 0 Å². The Balaban J connectivity index is 4.15. The minimum atomic E-state index is -0.557. The normalized spacial score (nSPS) is 11.4. The average molecular weight is 545 g/mol. The van der Waals surface area contributed by atoms with Gasteiger partial charge in [0.25, 0.3) is 11.8 Å². The van der Waals surface area contributed by atoms with Gasteiger partial charge >= 0.3 is 11.9 Å². The topological polar surface area (TPSA) is 146 Å². The number of nitrogens with zero attached hydrogens (tertiary/aromatic N) is 2. The summed E-state index contributed by atoms with van der Waals surface area (Å²) in [5.41, 5.74) is -0.979. The fourth-order valence-electron chi connectivity index (χ4n) is 3.12. The molecule has 0 rings (SSSR count). The van der Waals surface area contributed by atoms with Crippen molar-refractivity contribution in [3.63, 3.8) is 0 Å². The van der Waals surface area contributed by atoms with Crippen molar-refractivity contribution in [2.45, 2.75) is 103 Å². The van der Waals surface area contributed by atoms with Crippen LogP contribution < -0.4 is 0 Å². The molecule has 0 unspecified atom stereocenters. The van der Waals surface area contributed by atoms with E-state index in [1.165, 1.54) is 14.1 Å². The van der Waals surface area contributed by atoms with Crippen molar-refractivity contribution >= 4 is 36.3 Å². The van der Waals surface area contributed by atoms with Crippen LogP contribution in [0.2, 0.25) is 0 Å². The lowest BCUT2D eigenvalue weighted by Gasteiger charge is -2.30. The Kier molecular flexibility index (Phi) is 17.0. The lowest BCUT2D eigenvalue weighted by molar-refractivity contribution is -0.193. The van der Waals surface area contributed by atoms with Crippen LogP contribution in [0.15, 0.2) is 0 Å². The predicted molar refractivity (Wildman–Crippen MR) is 136 cm³/mol. The van der Waals surface area contributed by atoms with E-state index < -0.39 is 35.0 Å². The van der Waals surface area contributed by atoms with Gasteiger partial charge in [-0.3, -0.25) is 9.59 Å². The Bertz CT molecular complexity index is 782. The van der Waals surface area contributed by atoms with E-state index in [-0.39, 0.29) is 38.5 Å². The Morgan fingerprint density at radius 1 is 0.632 bits per heavy atom. The largest absolute Gasteiger partial charge is 0.375 e. The molecule has 0 aromatic rings. The number of hydrogen-bond donors (Lipinski definition) is 0. The number of carbonyl (C=O) groups excluding carboxylic acids is 6. The third-order valence-corrected chi connectivity index (χ3v) is 5.51. The van der Waals surface area contributed by atoms with Crippen LogP contribution in [0.3, 0.4) is 0 Å². The van der Waals surface area contributed by atoms with Crippen molar-refractivity contribution < 1.29 is 47.9 Å². The average Bonchev–Trinajstić information content (AvgIpc) is 2.82. The first-order chi connectivity index (χ1) is 17.7. The van der Waals surface area contributed by atoms with Crippen molar-refractivity contribution in [3.8, 4) is 0 Å². The molecule has 12 nitrogen and oxygen atoms in total. The molecule has 0 aliphatic heterocycles. The minimum Gasteiger partial charge on any atom is -0.375 e. The number of rotatable bonds is 19. The van der Waals surface area contributed by atoms with Crippen molar-refractivity contribution in [2.24, 2.45) is 0 Å². The maximum atomic E-state index is 11.9. The summed E-state index contributed by atoms with van der Waals surface area (Å²) in [5, 5.41) is 1.70. The summed E-state index contributed by atoms with van der Waals surface area (Å²) in [7, 11) is 2.67. The van der Waals surface area contributed by atoms with Gasteiger partial charge in [-0.2, -0.15) is 10.1 Å². The highest BCUT2D eigenvalue weighted by Gasteiger charge is 2.24. The van der Waals surface area contributed by atoms with Crippen molar-refractivity contribution in [1.82, 2.24) is 10.1 Å². The van der Waals surface area contributed by atoms with E-state index in [0.717, 1.165) is 10.1 Å². The summed E-state index contributed by atoms with van der Waals surface area (Å²) in [5.74, 6) is -1.97. The molecule has 0 N–H and O–H groups in total. The first-order valence-corrected chi connectivity index (χ1v) is 12.8. The lowest BCUT2D eigenvalue weighted by Crippen LogP contribution is -2.32. The smallest absolute Gasteiger partial charge is 0.332 e. The summed E-state index contributed by atoms with van der Waals surface area (Å²) in [6.45, 7) is 8.44. The fourth-order valence-corrected chi connectivity index (χ4v) is 3.12. The summed E-state index contributed by atoms with van der Waals surface area (Å²) in [6.07, 6.45) is 3.72. The van der Waals surface area contributed by atoms with Crippen LogP contribution in [0.25, 0.3) is 0 Å². The molecule has 0 fully saturated rings. The van der Waals surface area contributed by atoms with Crippen LogP contribution in [0.5, 0.6) is 0 Å². The van der Waals surface area contributed by atoms with E-state index in [1.807, 2.05) is 27.7 Å². The summed E-state index contributed by atoms with van der Waals surface area (Å²) in [4.78, 5) is 77.7. The Morgan fingerprint density at radius 2 is 1.05 bits per heavy atom. The van der Waals surface area contributed by atoms with Crippen molar-refractivity contribution in [2.75, 3.05) is 27.3 Å². The van der Waals surface area contributed by atoms with Crippen LogP contribution in [0.1, 0.15) is 91.9 Å². The molecule has 0 radical (unpaired) electrons. The monoisotopic (exact) mass is 544 g/mol. The Hall–Kier alpha value is -2.86. The molecule has 0 saturated heterocycles. The molecule has 2 amide bonds. The zero-order valence-corrected chi connectivity index (χ0v) is 23.6. The standard InChI is InChI=1S/C26H44N2O10/c1-25(2,15-7-13-23(33)37-27(5)21(31)11-8-17-29)36-20-16-26(3,4)35-19-10-14-24(34)38-28(6)22(32)12-9-18-30/h17-18H,7-16,19-20H2,1-6H3. The molecule has 0 heterocycles. The van der Waals surface area contributed by atoms with E-state index in [9.17, 15) is 28.8 Å². The zero-order valence-electron chi connectivity index (χ0n) is 23.6. The molecule has 0 aliphatic rings. The second-order valence-electron chi connectivity index (χ2n) is 10.0. The van der Waals surface area contributed by atoms with Gasteiger partial charge in [-0.25, -0.2) is 9.59 Å². The van der Waals surface area contributed by atoms with Crippen LogP contribution >= 0.6 is 0 Å². The lowest BCUT2D eigenvalue weighted by atomic mass is 10.0. The van der Waals surface area contributed by atoms with Gasteiger partial charge in [0.05, 0.1) is 24.2 Å². The summed E-state index contributed by atoms with van der Waals surface area (Å²) in [6, 6.07) is 0. The highest BCUT2D eigenvalue weighted by atomic mass is 16.7. The van der Waals surface area contributed by atoms with Crippen LogP contribution in [0.4, 0.5) is 0 Å². The molecule has 12 heteroatoms. The van der Waals surface area contributed by atoms with Gasteiger partial charge in [0.15, 0.2) is 0 Å². The van der Waals surface area contributed by atoms with Gasteiger partial charge in [0, 0.05) is 52.8 Å². The molecule has 0 aliphatic carbocycles. The second-order valence-corrected chi connectivity index (χ2v) is 10.0. The molecule has 0 spiro atoms. The fraction of sp³-hybridized carbons (Fsp3) is 0.769. The van der Waals surface area contributed by atoms with Gasteiger partial charge in [-0.05, 0) is 53.4 Å². The van der Waals surface area contributed by atoms with Gasteiger partial charge in [0.2, 0.25) is 0 Å². The van der Waals surface area contributed by atoms with E-state index in [1.54, 1.807) is 0 Å². The quantitative estimate of drug-likeness (QED) is 0.135.